The minimum absolute atomic E-state index is 0.0506. The first-order chi connectivity index (χ1) is 6.57. The molecule has 74 valence electrons. The summed E-state index contributed by atoms with van der Waals surface area (Å²) in [5, 5.41) is 8.40. The van der Waals surface area contributed by atoms with Crippen molar-refractivity contribution in [1.29, 1.82) is 5.26 Å². The van der Waals surface area contributed by atoms with Crippen LogP contribution in [-0.2, 0) is 6.42 Å². The topological polar surface area (TPSA) is 56.6 Å². The van der Waals surface area contributed by atoms with Crippen LogP contribution in [-0.4, -0.2) is 4.98 Å². The van der Waals surface area contributed by atoms with Crippen LogP contribution in [0, 0.1) is 14.9 Å². The summed E-state index contributed by atoms with van der Waals surface area (Å²) in [5.74, 6) is 0. The van der Waals surface area contributed by atoms with Crippen LogP contribution in [0.25, 0.3) is 0 Å². The molecule has 0 spiro atoms. The fraction of sp³-hybridized carbons (Fsp3) is 0.250. The summed E-state index contributed by atoms with van der Waals surface area (Å²) in [6.45, 7) is 0. The van der Waals surface area contributed by atoms with Crippen molar-refractivity contribution in [2.75, 3.05) is 0 Å². The van der Waals surface area contributed by atoms with E-state index in [2.05, 4.69) is 4.98 Å². The summed E-state index contributed by atoms with van der Waals surface area (Å²) in [5.41, 5.74) is -0.718. The van der Waals surface area contributed by atoms with Gasteiger partial charge in [-0.15, -0.1) is 0 Å². The molecule has 0 aliphatic rings. The van der Waals surface area contributed by atoms with Gasteiger partial charge in [0.25, 0.3) is 12.0 Å². The molecule has 0 saturated heterocycles. The number of aromatic amines is 1. The number of H-pyrrole nitrogens is 1. The number of halogens is 3. The minimum atomic E-state index is -2.73. The molecule has 1 rings (SSSR count). The number of aromatic nitrogens is 1. The van der Waals surface area contributed by atoms with Gasteiger partial charge in [-0.05, 0) is 28.2 Å². The van der Waals surface area contributed by atoms with Crippen LogP contribution in [0.2, 0.25) is 0 Å². The SMILES string of the molecule is N#CCc1c[nH]c(=O)c(I)c1C(F)F. The van der Waals surface area contributed by atoms with Gasteiger partial charge in [0, 0.05) is 11.8 Å². The number of pyridine rings is 1. The summed E-state index contributed by atoms with van der Waals surface area (Å²) in [7, 11) is 0. The van der Waals surface area contributed by atoms with Crippen molar-refractivity contribution in [2.24, 2.45) is 0 Å². The summed E-state index contributed by atoms with van der Waals surface area (Å²) < 4.78 is 25.0. The van der Waals surface area contributed by atoms with Crippen LogP contribution in [0.15, 0.2) is 11.0 Å². The van der Waals surface area contributed by atoms with Gasteiger partial charge in [-0.25, -0.2) is 8.78 Å². The van der Waals surface area contributed by atoms with Crippen molar-refractivity contribution in [1.82, 2.24) is 4.98 Å². The molecule has 0 atom stereocenters. The summed E-state index contributed by atoms with van der Waals surface area (Å²) >= 11 is 1.55. The highest BCUT2D eigenvalue weighted by molar-refractivity contribution is 14.1. The second kappa shape index (κ2) is 4.50. The zero-order valence-electron chi connectivity index (χ0n) is 6.85. The summed E-state index contributed by atoms with van der Waals surface area (Å²) in [6, 6.07) is 1.77. The molecule has 1 heterocycles. The molecular weight excluding hydrogens is 305 g/mol. The minimum Gasteiger partial charge on any atom is -0.328 e. The van der Waals surface area contributed by atoms with E-state index in [0.717, 1.165) is 6.20 Å². The van der Waals surface area contributed by atoms with Gasteiger partial charge in [0.2, 0.25) is 0 Å². The molecule has 0 saturated carbocycles. The average molecular weight is 310 g/mol. The van der Waals surface area contributed by atoms with Crippen LogP contribution in [0.1, 0.15) is 17.6 Å². The average Bonchev–Trinajstić information content (AvgIpc) is 2.11. The number of nitrogens with zero attached hydrogens (tertiary/aromatic N) is 1. The number of hydrogen-bond acceptors (Lipinski definition) is 2. The molecule has 0 unspecified atom stereocenters. The Morgan fingerprint density at radius 1 is 1.64 bits per heavy atom. The van der Waals surface area contributed by atoms with Crippen molar-refractivity contribution in [3.63, 3.8) is 0 Å². The Hall–Kier alpha value is -0.970. The number of alkyl halides is 2. The molecule has 3 nitrogen and oxygen atoms in total. The van der Waals surface area contributed by atoms with E-state index < -0.39 is 12.0 Å². The highest BCUT2D eigenvalue weighted by atomic mass is 127. The van der Waals surface area contributed by atoms with Crippen molar-refractivity contribution in [3.8, 4) is 6.07 Å². The molecule has 1 aromatic rings. The maximum absolute atomic E-state index is 12.5. The van der Waals surface area contributed by atoms with Gasteiger partial charge < -0.3 is 4.98 Å². The largest absolute Gasteiger partial charge is 0.328 e. The first-order valence-electron chi connectivity index (χ1n) is 3.63. The second-order valence-electron chi connectivity index (χ2n) is 2.51. The summed E-state index contributed by atoms with van der Waals surface area (Å²) in [4.78, 5) is 13.3. The molecule has 0 fully saturated rings. The normalized spacial score (nSPS) is 10.2. The zero-order chi connectivity index (χ0) is 10.7. The van der Waals surface area contributed by atoms with Crippen molar-refractivity contribution in [2.45, 2.75) is 12.8 Å². The number of nitrogens with one attached hydrogen (secondary N) is 1. The van der Waals surface area contributed by atoms with Crippen molar-refractivity contribution >= 4 is 22.6 Å². The van der Waals surface area contributed by atoms with E-state index in [1.54, 1.807) is 28.7 Å². The Morgan fingerprint density at radius 2 is 2.29 bits per heavy atom. The quantitative estimate of drug-likeness (QED) is 0.849. The van der Waals surface area contributed by atoms with E-state index in [1.807, 2.05) is 0 Å². The number of nitriles is 1. The molecule has 0 aliphatic heterocycles. The molecule has 1 N–H and O–H groups in total. The molecule has 0 aromatic carbocycles. The third-order valence-electron chi connectivity index (χ3n) is 1.65. The highest BCUT2D eigenvalue weighted by Gasteiger charge is 2.18. The third kappa shape index (κ3) is 2.09. The van der Waals surface area contributed by atoms with Crippen LogP contribution in [0.4, 0.5) is 8.78 Å². The van der Waals surface area contributed by atoms with Gasteiger partial charge in [-0.1, -0.05) is 0 Å². The molecular formula is C8H5F2IN2O. The molecule has 0 amide bonds. The lowest BCUT2D eigenvalue weighted by molar-refractivity contribution is 0.149. The predicted octanol–water partition coefficient (Wildman–Crippen LogP) is 1.98. The van der Waals surface area contributed by atoms with Gasteiger partial charge in [0.1, 0.15) is 0 Å². The summed E-state index contributed by atoms with van der Waals surface area (Å²) in [6.07, 6.45) is -1.70. The van der Waals surface area contributed by atoms with Gasteiger partial charge in [0.05, 0.1) is 16.1 Å². The van der Waals surface area contributed by atoms with Gasteiger partial charge in [0.15, 0.2) is 0 Å². The van der Waals surface area contributed by atoms with Crippen molar-refractivity contribution in [3.05, 3.63) is 31.2 Å². The van der Waals surface area contributed by atoms with Gasteiger partial charge >= 0.3 is 0 Å². The Morgan fingerprint density at radius 3 is 2.79 bits per heavy atom. The zero-order valence-corrected chi connectivity index (χ0v) is 9.01. The lowest BCUT2D eigenvalue weighted by Crippen LogP contribution is -2.14. The Balaban J connectivity index is 3.39. The van der Waals surface area contributed by atoms with E-state index in [-0.39, 0.29) is 21.1 Å². The molecule has 14 heavy (non-hydrogen) atoms. The van der Waals surface area contributed by atoms with E-state index in [0.29, 0.717) is 0 Å². The van der Waals surface area contributed by atoms with Crippen LogP contribution in [0.5, 0.6) is 0 Å². The highest BCUT2D eigenvalue weighted by Crippen LogP contribution is 2.25. The number of hydrogen-bond donors (Lipinski definition) is 1. The van der Waals surface area contributed by atoms with E-state index in [4.69, 9.17) is 5.26 Å². The number of rotatable bonds is 2. The Bertz CT molecular complexity index is 436. The second-order valence-corrected chi connectivity index (χ2v) is 3.59. The first-order valence-corrected chi connectivity index (χ1v) is 4.71. The van der Waals surface area contributed by atoms with Gasteiger partial charge in [-0.3, -0.25) is 4.79 Å². The monoisotopic (exact) mass is 310 g/mol. The van der Waals surface area contributed by atoms with E-state index in [9.17, 15) is 13.6 Å². The fourth-order valence-corrected chi connectivity index (χ4v) is 1.76. The Kier molecular flexibility index (Phi) is 3.57. The first kappa shape index (κ1) is 11.1. The standard InChI is InChI=1S/C8H5F2IN2O/c9-7(10)5-4(1-2-12)3-13-8(14)6(5)11/h3,7H,1H2,(H,13,14). The van der Waals surface area contributed by atoms with Crippen LogP contribution < -0.4 is 5.56 Å². The van der Waals surface area contributed by atoms with Crippen LogP contribution in [0.3, 0.4) is 0 Å². The molecule has 0 radical (unpaired) electrons. The predicted molar refractivity (Wildman–Crippen MR) is 54.1 cm³/mol. The van der Waals surface area contributed by atoms with Gasteiger partial charge in [-0.2, -0.15) is 5.26 Å². The van der Waals surface area contributed by atoms with Crippen LogP contribution >= 0.6 is 22.6 Å². The molecule has 0 bridgehead atoms. The van der Waals surface area contributed by atoms with E-state index >= 15 is 0 Å². The lowest BCUT2D eigenvalue weighted by Gasteiger charge is -2.06. The van der Waals surface area contributed by atoms with Crippen molar-refractivity contribution < 1.29 is 8.78 Å². The maximum atomic E-state index is 12.5. The third-order valence-corrected chi connectivity index (χ3v) is 2.72. The smallest absolute Gasteiger partial charge is 0.265 e. The molecule has 1 aromatic heterocycles. The fourth-order valence-electron chi connectivity index (χ4n) is 1.02. The maximum Gasteiger partial charge on any atom is 0.265 e. The Labute approximate surface area is 91.9 Å². The molecule has 0 aliphatic carbocycles. The lowest BCUT2D eigenvalue weighted by atomic mass is 10.1. The molecule has 6 heteroatoms. The van der Waals surface area contributed by atoms with E-state index in [1.165, 1.54) is 0 Å².